The molecule has 0 aromatic carbocycles. The van der Waals surface area contributed by atoms with Gasteiger partial charge in [-0.25, -0.2) is 4.79 Å². The summed E-state index contributed by atoms with van der Waals surface area (Å²) in [5.74, 6) is 1.23. The van der Waals surface area contributed by atoms with Crippen molar-refractivity contribution >= 4 is 29.2 Å². The summed E-state index contributed by atoms with van der Waals surface area (Å²) in [5, 5.41) is 13.1. The first kappa shape index (κ1) is 19.6. The Kier molecular flexibility index (Phi) is 7.12. The van der Waals surface area contributed by atoms with E-state index in [9.17, 15) is 18.0 Å². The lowest BCUT2D eigenvalue weighted by molar-refractivity contribution is -0.160. The van der Waals surface area contributed by atoms with Crippen LogP contribution in [0.25, 0.3) is 0 Å². The van der Waals surface area contributed by atoms with E-state index in [4.69, 9.17) is 0 Å². The molecule has 0 fully saturated rings. The summed E-state index contributed by atoms with van der Waals surface area (Å²) >= 11 is 3.06. The van der Waals surface area contributed by atoms with Crippen LogP contribution in [0.4, 0.5) is 18.0 Å². The third-order valence-corrected chi connectivity index (χ3v) is 4.94. The highest BCUT2D eigenvalue weighted by Crippen LogP contribution is 2.18. The fourth-order valence-electron chi connectivity index (χ4n) is 1.90. The van der Waals surface area contributed by atoms with E-state index in [0.717, 1.165) is 18.8 Å². The highest BCUT2D eigenvalue weighted by Gasteiger charge is 2.29. The van der Waals surface area contributed by atoms with E-state index in [1.54, 1.807) is 11.3 Å². The van der Waals surface area contributed by atoms with Gasteiger partial charge in [0.25, 0.3) is 0 Å². The molecule has 1 N–H and O–H groups in total. The number of ether oxygens (including phenoxy) is 1. The number of halogens is 3. The molecule has 2 heterocycles. The van der Waals surface area contributed by atoms with Crippen LogP contribution in [0.3, 0.4) is 0 Å². The monoisotopic (exact) mass is 394 g/mol. The number of hydrogen-bond donors (Lipinski definition) is 1. The van der Waals surface area contributed by atoms with Crippen molar-refractivity contribution < 1.29 is 22.7 Å². The molecule has 138 valence electrons. The number of alkyl halides is 3. The largest absolute Gasteiger partial charge is 0.440 e. The normalized spacial score (nSPS) is 11.5. The summed E-state index contributed by atoms with van der Waals surface area (Å²) in [7, 11) is 0. The van der Waals surface area contributed by atoms with Gasteiger partial charge in [-0.05, 0) is 24.8 Å². The van der Waals surface area contributed by atoms with E-state index in [1.165, 1.54) is 16.6 Å². The van der Waals surface area contributed by atoms with Crippen molar-refractivity contribution in [2.75, 3.05) is 18.9 Å². The number of aromatic nitrogens is 3. The molecule has 6 nitrogen and oxygen atoms in total. The van der Waals surface area contributed by atoms with Crippen molar-refractivity contribution in [3.05, 3.63) is 28.2 Å². The number of nitrogens with one attached hydrogen (secondary N) is 1. The topological polar surface area (TPSA) is 69.0 Å². The van der Waals surface area contributed by atoms with Crippen molar-refractivity contribution in [1.29, 1.82) is 0 Å². The summed E-state index contributed by atoms with van der Waals surface area (Å²) in [6, 6.07) is 4.06. The Balaban J connectivity index is 1.73. The first-order valence-electron chi connectivity index (χ1n) is 7.37. The molecule has 2 rings (SSSR count). The van der Waals surface area contributed by atoms with Crippen LogP contribution in [0.1, 0.15) is 10.7 Å². The van der Waals surface area contributed by atoms with Crippen LogP contribution >= 0.6 is 23.1 Å². The molecule has 0 aliphatic carbocycles. The quantitative estimate of drug-likeness (QED) is 0.550. The molecule has 1 amide bonds. The molecule has 2 aromatic rings. The number of hydrogen-bond acceptors (Lipinski definition) is 6. The minimum atomic E-state index is -4.53. The van der Waals surface area contributed by atoms with Crippen molar-refractivity contribution in [1.82, 2.24) is 20.1 Å². The van der Waals surface area contributed by atoms with Crippen LogP contribution in [0.15, 0.2) is 22.7 Å². The van der Waals surface area contributed by atoms with Crippen molar-refractivity contribution in [2.24, 2.45) is 0 Å². The summed E-state index contributed by atoms with van der Waals surface area (Å²) < 4.78 is 41.8. The van der Waals surface area contributed by atoms with E-state index in [0.29, 0.717) is 10.9 Å². The van der Waals surface area contributed by atoms with Gasteiger partial charge < -0.3 is 14.6 Å². The lowest BCUT2D eigenvalue weighted by Crippen LogP contribution is -2.30. The number of thiophene rings is 1. The van der Waals surface area contributed by atoms with Crippen molar-refractivity contribution in [3.63, 3.8) is 0 Å². The standard InChI is InChI=1S/C14H17F3N4O2S2/c1-10-19-20-12(21(10)6-4-11-3-2-7-24-11)25-8-5-18-13(22)23-9-14(15,16)17/h2-3,7H,4-6,8-9H2,1H3,(H,18,22). The zero-order valence-electron chi connectivity index (χ0n) is 13.4. The van der Waals surface area contributed by atoms with Gasteiger partial charge in [0.05, 0.1) is 0 Å². The second-order valence-electron chi connectivity index (χ2n) is 4.98. The number of rotatable bonds is 8. The van der Waals surface area contributed by atoms with Crippen LogP contribution < -0.4 is 5.32 Å². The van der Waals surface area contributed by atoms with Gasteiger partial charge in [0, 0.05) is 23.7 Å². The number of carbonyl (C=O) groups is 1. The maximum atomic E-state index is 11.9. The van der Waals surface area contributed by atoms with Gasteiger partial charge in [0.2, 0.25) is 0 Å². The molecule has 0 atom stereocenters. The second-order valence-corrected chi connectivity index (χ2v) is 7.07. The molecule has 0 aliphatic rings. The fraction of sp³-hybridized carbons (Fsp3) is 0.500. The molecule has 11 heteroatoms. The predicted octanol–water partition coefficient (Wildman–Crippen LogP) is 3.27. The van der Waals surface area contributed by atoms with E-state index in [2.05, 4.69) is 26.3 Å². The van der Waals surface area contributed by atoms with E-state index < -0.39 is 18.9 Å². The van der Waals surface area contributed by atoms with Gasteiger partial charge in [-0.1, -0.05) is 17.8 Å². The first-order chi connectivity index (χ1) is 11.8. The van der Waals surface area contributed by atoms with Crippen LogP contribution in [-0.4, -0.2) is 45.9 Å². The van der Waals surface area contributed by atoms with Crippen LogP contribution in [0, 0.1) is 6.92 Å². The summed E-state index contributed by atoms with van der Waals surface area (Å²) in [6.07, 6.45) is -4.75. The molecular weight excluding hydrogens is 377 g/mol. The van der Waals surface area contributed by atoms with Crippen molar-refractivity contribution in [2.45, 2.75) is 31.2 Å². The fourth-order valence-corrected chi connectivity index (χ4v) is 3.46. The second kappa shape index (κ2) is 9.09. The Morgan fingerprint density at radius 1 is 1.44 bits per heavy atom. The minimum absolute atomic E-state index is 0.165. The zero-order valence-corrected chi connectivity index (χ0v) is 15.0. The first-order valence-corrected chi connectivity index (χ1v) is 9.24. The zero-order chi connectivity index (χ0) is 18.3. The van der Waals surface area contributed by atoms with E-state index >= 15 is 0 Å². The molecule has 0 saturated heterocycles. The van der Waals surface area contributed by atoms with Crippen molar-refractivity contribution in [3.8, 4) is 0 Å². The Morgan fingerprint density at radius 2 is 2.24 bits per heavy atom. The maximum absolute atomic E-state index is 11.9. The third-order valence-electron chi connectivity index (χ3n) is 3.03. The molecule has 0 unspecified atom stereocenters. The lowest BCUT2D eigenvalue weighted by atomic mass is 10.3. The predicted molar refractivity (Wildman–Crippen MR) is 88.9 cm³/mol. The SMILES string of the molecule is Cc1nnc(SCCNC(=O)OCC(F)(F)F)n1CCc1cccs1. The van der Waals surface area contributed by atoms with Gasteiger partial charge in [0.1, 0.15) is 5.82 Å². The van der Waals surface area contributed by atoms with E-state index in [-0.39, 0.29) is 6.54 Å². The average Bonchev–Trinajstić information content (AvgIpc) is 3.17. The number of amides is 1. The Labute approximate surface area is 150 Å². The van der Waals surface area contributed by atoms with Gasteiger partial charge in [-0.15, -0.1) is 21.5 Å². The molecule has 0 aliphatic heterocycles. The summed E-state index contributed by atoms with van der Waals surface area (Å²) in [6.45, 7) is 1.17. The highest BCUT2D eigenvalue weighted by molar-refractivity contribution is 7.99. The Bertz CT molecular complexity index is 674. The highest BCUT2D eigenvalue weighted by atomic mass is 32.2. The smallest absolute Gasteiger partial charge is 0.422 e. The molecular formula is C14H17F3N4O2S2. The molecule has 0 bridgehead atoms. The molecule has 0 radical (unpaired) electrons. The number of alkyl carbamates (subject to hydrolysis) is 1. The summed E-state index contributed by atoms with van der Waals surface area (Å²) in [5.41, 5.74) is 0. The number of aryl methyl sites for hydroxylation is 2. The third kappa shape index (κ3) is 6.94. The molecule has 2 aromatic heterocycles. The lowest BCUT2D eigenvalue weighted by Gasteiger charge is -2.09. The van der Waals surface area contributed by atoms with Crippen LogP contribution in [0.5, 0.6) is 0 Å². The van der Waals surface area contributed by atoms with Crippen LogP contribution in [-0.2, 0) is 17.7 Å². The van der Waals surface area contributed by atoms with Gasteiger partial charge in [-0.3, -0.25) is 0 Å². The molecule has 25 heavy (non-hydrogen) atoms. The van der Waals surface area contributed by atoms with Gasteiger partial charge >= 0.3 is 12.3 Å². The minimum Gasteiger partial charge on any atom is -0.440 e. The average molecular weight is 394 g/mol. The maximum Gasteiger partial charge on any atom is 0.422 e. The Morgan fingerprint density at radius 3 is 2.92 bits per heavy atom. The van der Waals surface area contributed by atoms with Crippen LogP contribution in [0.2, 0.25) is 0 Å². The van der Waals surface area contributed by atoms with Gasteiger partial charge in [-0.2, -0.15) is 13.2 Å². The van der Waals surface area contributed by atoms with Gasteiger partial charge in [0.15, 0.2) is 11.8 Å². The van der Waals surface area contributed by atoms with E-state index in [1.807, 2.05) is 22.9 Å². The number of nitrogens with zero attached hydrogens (tertiary/aromatic N) is 3. The number of thioether (sulfide) groups is 1. The number of carbonyl (C=O) groups excluding carboxylic acids is 1. The molecule has 0 spiro atoms. The Hall–Kier alpha value is -1.75. The summed E-state index contributed by atoms with van der Waals surface area (Å²) in [4.78, 5) is 12.4. The molecule has 0 saturated carbocycles.